The van der Waals surface area contributed by atoms with Crippen molar-refractivity contribution in [3.8, 4) is 0 Å². The van der Waals surface area contributed by atoms with E-state index in [2.05, 4.69) is 10.1 Å². The lowest BCUT2D eigenvalue weighted by atomic mass is 10.0. The summed E-state index contributed by atoms with van der Waals surface area (Å²) in [5.41, 5.74) is 1.09. The monoisotopic (exact) mass is 217 g/mol. The topological polar surface area (TPSA) is 30.7 Å². The second-order valence-corrected chi connectivity index (χ2v) is 4.09. The smallest absolute Gasteiger partial charge is 0.162 e. The number of aryl methyl sites for hydroxylation is 1. The van der Waals surface area contributed by atoms with Crippen molar-refractivity contribution in [3.63, 3.8) is 0 Å². The SMILES string of the molecule is Cc1nc2n(n1)[C@H](c1ccccc1)C[C@@H]2F. The fourth-order valence-electron chi connectivity index (χ4n) is 2.24. The van der Waals surface area contributed by atoms with E-state index >= 15 is 0 Å². The van der Waals surface area contributed by atoms with Crippen molar-refractivity contribution in [2.45, 2.75) is 25.6 Å². The first-order chi connectivity index (χ1) is 7.75. The molecule has 1 aromatic carbocycles. The maximum atomic E-state index is 13.7. The predicted octanol–water partition coefficient (Wildman–Crippen LogP) is 2.59. The highest BCUT2D eigenvalue weighted by Crippen LogP contribution is 2.38. The van der Waals surface area contributed by atoms with Crippen LogP contribution in [-0.2, 0) is 0 Å². The molecule has 3 rings (SSSR count). The zero-order valence-corrected chi connectivity index (χ0v) is 8.97. The molecule has 0 unspecified atom stereocenters. The number of hydrogen-bond acceptors (Lipinski definition) is 2. The molecule has 2 aromatic rings. The van der Waals surface area contributed by atoms with Crippen LogP contribution >= 0.6 is 0 Å². The van der Waals surface area contributed by atoms with Crippen molar-refractivity contribution in [2.75, 3.05) is 0 Å². The second-order valence-electron chi connectivity index (χ2n) is 4.09. The molecule has 0 N–H and O–H groups in total. The minimum absolute atomic E-state index is 0.00704. The molecule has 3 nitrogen and oxygen atoms in total. The molecule has 0 bridgehead atoms. The van der Waals surface area contributed by atoms with Gasteiger partial charge in [0.25, 0.3) is 0 Å². The zero-order valence-electron chi connectivity index (χ0n) is 8.97. The lowest BCUT2D eigenvalue weighted by Gasteiger charge is -2.10. The molecule has 0 fully saturated rings. The zero-order chi connectivity index (χ0) is 11.1. The van der Waals surface area contributed by atoms with Crippen LogP contribution in [0.4, 0.5) is 4.39 Å². The molecule has 2 heterocycles. The number of nitrogens with zero attached hydrogens (tertiary/aromatic N) is 3. The number of fused-ring (bicyclic) bond motifs is 1. The fraction of sp³-hybridized carbons (Fsp3) is 0.333. The molecule has 1 aliphatic rings. The summed E-state index contributed by atoms with van der Waals surface area (Å²) in [5, 5.41) is 4.26. The van der Waals surface area contributed by atoms with Crippen LogP contribution in [0.5, 0.6) is 0 Å². The standard InChI is InChI=1S/C12H12FN3/c1-8-14-12-10(13)7-11(16(12)15-8)9-5-3-2-4-6-9/h2-6,10-11H,7H2,1H3/t10-,11-/m0/s1. The number of aromatic nitrogens is 3. The minimum Gasteiger partial charge on any atom is -0.239 e. The van der Waals surface area contributed by atoms with Gasteiger partial charge in [0.15, 0.2) is 12.0 Å². The molecule has 0 spiro atoms. The minimum atomic E-state index is -0.994. The van der Waals surface area contributed by atoms with E-state index in [1.54, 1.807) is 11.6 Å². The van der Waals surface area contributed by atoms with E-state index in [9.17, 15) is 4.39 Å². The van der Waals surface area contributed by atoms with Crippen LogP contribution in [0.15, 0.2) is 30.3 Å². The molecule has 0 radical (unpaired) electrons. The summed E-state index contributed by atoms with van der Waals surface area (Å²) < 4.78 is 15.5. The molecule has 82 valence electrons. The third-order valence-corrected chi connectivity index (χ3v) is 2.95. The third-order valence-electron chi connectivity index (χ3n) is 2.95. The molecule has 16 heavy (non-hydrogen) atoms. The molecule has 0 aliphatic carbocycles. The first-order valence-electron chi connectivity index (χ1n) is 5.38. The normalized spacial score (nSPS) is 23.4. The average Bonchev–Trinajstić information content (AvgIpc) is 2.80. The molecule has 0 saturated carbocycles. The van der Waals surface area contributed by atoms with Gasteiger partial charge in [-0.2, -0.15) is 5.10 Å². The van der Waals surface area contributed by atoms with Gasteiger partial charge in [0.05, 0.1) is 6.04 Å². The van der Waals surface area contributed by atoms with Crippen LogP contribution < -0.4 is 0 Å². The first-order valence-corrected chi connectivity index (χ1v) is 5.38. The van der Waals surface area contributed by atoms with Crippen molar-refractivity contribution in [3.05, 3.63) is 47.5 Å². The van der Waals surface area contributed by atoms with Gasteiger partial charge in [-0.3, -0.25) is 0 Å². The Hall–Kier alpha value is -1.71. The van der Waals surface area contributed by atoms with Gasteiger partial charge in [-0.15, -0.1) is 0 Å². The number of hydrogen-bond donors (Lipinski definition) is 0. The van der Waals surface area contributed by atoms with Crippen molar-refractivity contribution in [2.24, 2.45) is 0 Å². The van der Waals surface area contributed by atoms with Crippen LogP contribution in [0.2, 0.25) is 0 Å². The molecule has 0 saturated heterocycles. The van der Waals surface area contributed by atoms with E-state index in [1.807, 2.05) is 30.3 Å². The van der Waals surface area contributed by atoms with Gasteiger partial charge < -0.3 is 0 Å². The van der Waals surface area contributed by atoms with Crippen LogP contribution in [0.3, 0.4) is 0 Å². The van der Waals surface area contributed by atoms with E-state index in [0.717, 1.165) is 5.56 Å². The van der Waals surface area contributed by atoms with Gasteiger partial charge in [0.1, 0.15) is 5.82 Å². The maximum absolute atomic E-state index is 13.7. The predicted molar refractivity (Wildman–Crippen MR) is 57.8 cm³/mol. The van der Waals surface area contributed by atoms with Gasteiger partial charge in [0.2, 0.25) is 0 Å². The summed E-state index contributed by atoms with van der Waals surface area (Å²) >= 11 is 0. The number of alkyl halides is 1. The Labute approximate surface area is 92.9 Å². The highest BCUT2D eigenvalue weighted by atomic mass is 19.1. The van der Waals surface area contributed by atoms with E-state index in [4.69, 9.17) is 0 Å². The van der Waals surface area contributed by atoms with Gasteiger partial charge in [0, 0.05) is 6.42 Å². The molecule has 1 aliphatic heterocycles. The van der Waals surface area contributed by atoms with E-state index < -0.39 is 6.17 Å². The van der Waals surface area contributed by atoms with Crippen molar-refractivity contribution >= 4 is 0 Å². The fourth-order valence-corrected chi connectivity index (χ4v) is 2.24. The molecular formula is C12H12FN3. The largest absolute Gasteiger partial charge is 0.239 e. The van der Waals surface area contributed by atoms with Crippen molar-refractivity contribution in [1.82, 2.24) is 14.8 Å². The summed E-state index contributed by atoms with van der Waals surface area (Å²) in [4.78, 5) is 4.12. The van der Waals surface area contributed by atoms with Gasteiger partial charge in [-0.05, 0) is 12.5 Å². The van der Waals surface area contributed by atoms with Gasteiger partial charge >= 0.3 is 0 Å². The van der Waals surface area contributed by atoms with E-state index in [-0.39, 0.29) is 6.04 Å². The van der Waals surface area contributed by atoms with Gasteiger partial charge in [-0.25, -0.2) is 14.1 Å². The van der Waals surface area contributed by atoms with E-state index in [1.165, 1.54) is 0 Å². The van der Waals surface area contributed by atoms with E-state index in [0.29, 0.717) is 18.1 Å². The quantitative estimate of drug-likeness (QED) is 0.735. The molecule has 4 heteroatoms. The number of rotatable bonds is 1. The van der Waals surface area contributed by atoms with Crippen molar-refractivity contribution < 1.29 is 4.39 Å². The Bertz CT molecular complexity index is 506. The molecule has 1 aromatic heterocycles. The Kier molecular flexibility index (Phi) is 2.02. The number of benzene rings is 1. The third kappa shape index (κ3) is 1.33. The molecule has 0 amide bonds. The summed E-state index contributed by atoms with van der Waals surface area (Å²) in [6.07, 6.45) is -0.550. The van der Waals surface area contributed by atoms with Gasteiger partial charge in [-0.1, -0.05) is 30.3 Å². The summed E-state index contributed by atoms with van der Waals surface area (Å²) in [5.74, 6) is 1.10. The lowest BCUT2D eigenvalue weighted by Crippen LogP contribution is -2.07. The lowest BCUT2D eigenvalue weighted by molar-refractivity contribution is 0.328. The van der Waals surface area contributed by atoms with Crippen LogP contribution in [-0.4, -0.2) is 14.8 Å². The van der Waals surface area contributed by atoms with Crippen LogP contribution in [0.25, 0.3) is 0 Å². The average molecular weight is 217 g/mol. The highest BCUT2D eigenvalue weighted by molar-refractivity contribution is 5.23. The summed E-state index contributed by atoms with van der Waals surface area (Å²) in [6, 6.07) is 9.88. The molecular weight excluding hydrogens is 205 g/mol. The Morgan fingerprint density at radius 2 is 2.06 bits per heavy atom. The Morgan fingerprint density at radius 1 is 1.31 bits per heavy atom. The van der Waals surface area contributed by atoms with Crippen LogP contribution in [0.1, 0.15) is 35.8 Å². The number of halogens is 1. The molecule has 2 atom stereocenters. The second kappa shape index (κ2) is 3.40. The summed E-state index contributed by atoms with van der Waals surface area (Å²) in [7, 11) is 0. The van der Waals surface area contributed by atoms with Crippen LogP contribution in [0, 0.1) is 6.92 Å². The maximum Gasteiger partial charge on any atom is 0.162 e. The Balaban J connectivity index is 2.06. The summed E-state index contributed by atoms with van der Waals surface area (Å²) in [6.45, 7) is 1.79. The highest BCUT2D eigenvalue weighted by Gasteiger charge is 2.34. The first kappa shape index (κ1) is 9.51. The van der Waals surface area contributed by atoms with Crippen molar-refractivity contribution in [1.29, 1.82) is 0 Å². The Morgan fingerprint density at radius 3 is 2.81 bits per heavy atom.